The molecule has 3 aromatic heterocycles. The van der Waals surface area contributed by atoms with E-state index in [1.807, 2.05) is 31.2 Å². The molecule has 7 nitrogen and oxygen atoms in total. The van der Waals surface area contributed by atoms with Gasteiger partial charge < -0.3 is 4.98 Å². The van der Waals surface area contributed by atoms with Crippen LogP contribution in [0.4, 0.5) is 5.95 Å². The molecule has 0 radical (unpaired) electrons. The van der Waals surface area contributed by atoms with Gasteiger partial charge in [-0.05, 0) is 56.4 Å². The van der Waals surface area contributed by atoms with Crippen molar-refractivity contribution < 1.29 is 4.79 Å². The number of amides is 1. The Labute approximate surface area is 149 Å². The fourth-order valence-electron chi connectivity index (χ4n) is 3.69. The molecule has 4 aromatic rings. The predicted molar refractivity (Wildman–Crippen MR) is 98.4 cm³/mol. The average molecular weight is 346 g/mol. The highest BCUT2D eigenvalue weighted by molar-refractivity contribution is 6.05. The van der Waals surface area contributed by atoms with Crippen molar-refractivity contribution in [3.63, 3.8) is 0 Å². The monoisotopic (exact) mass is 346 g/mol. The molecular formula is C19H18N6O. The maximum Gasteiger partial charge on any atom is 0.258 e. The van der Waals surface area contributed by atoms with Crippen molar-refractivity contribution in [1.29, 1.82) is 0 Å². The number of hydrogen-bond donors (Lipinski definition) is 2. The zero-order valence-corrected chi connectivity index (χ0v) is 14.4. The van der Waals surface area contributed by atoms with Gasteiger partial charge in [0.2, 0.25) is 5.95 Å². The van der Waals surface area contributed by atoms with Crippen LogP contribution >= 0.6 is 0 Å². The third-order valence-electron chi connectivity index (χ3n) is 5.00. The number of fused-ring (bicyclic) bond motifs is 4. The molecular weight excluding hydrogens is 328 g/mol. The fourth-order valence-corrected chi connectivity index (χ4v) is 3.69. The van der Waals surface area contributed by atoms with Crippen LogP contribution in [-0.4, -0.2) is 30.5 Å². The molecule has 0 aliphatic heterocycles. The van der Waals surface area contributed by atoms with Crippen molar-refractivity contribution in [2.45, 2.75) is 32.6 Å². The number of anilines is 1. The Morgan fingerprint density at radius 2 is 2.08 bits per heavy atom. The Morgan fingerprint density at radius 3 is 3.00 bits per heavy atom. The summed E-state index contributed by atoms with van der Waals surface area (Å²) in [6.45, 7) is 1.89. The molecule has 5 rings (SSSR count). The van der Waals surface area contributed by atoms with Crippen LogP contribution in [0.1, 0.15) is 40.2 Å². The number of carbonyl (C=O) groups is 1. The molecule has 0 spiro atoms. The van der Waals surface area contributed by atoms with Crippen LogP contribution in [0.25, 0.3) is 16.7 Å². The van der Waals surface area contributed by atoms with Crippen molar-refractivity contribution >= 4 is 28.5 Å². The highest BCUT2D eigenvalue weighted by Gasteiger charge is 2.17. The molecule has 7 heteroatoms. The number of aromatic amines is 1. The second-order valence-corrected chi connectivity index (χ2v) is 6.77. The summed E-state index contributed by atoms with van der Waals surface area (Å²) in [5.74, 6) is 0.616. The van der Waals surface area contributed by atoms with Crippen LogP contribution in [0, 0.1) is 6.92 Å². The minimum Gasteiger partial charge on any atom is -0.358 e. The summed E-state index contributed by atoms with van der Waals surface area (Å²) in [6, 6.07) is 7.67. The number of aryl methyl sites for hydroxylation is 3. The van der Waals surface area contributed by atoms with Crippen LogP contribution in [0.15, 0.2) is 30.5 Å². The lowest BCUT2D eigenvalue weighted by Crippen LogP contribution is -2.14. The van der Waals surface area contributed by atoms with E-state index in [4.69, 9.17) is 0 Å². The normalized spacial score (nSPS) is 13.9. The zero-order chi connectivity index (χ0) is 17.7. The van der Waals surface area contributed by atoms with E-state index in [2.05, 4.69) is 25.5 Å². The van der Waals surface area contributed by atoms with Crippen LogP contribution in [-0.2, 0) is 12.8 Å². The summed E-state index contributed by atoms with van der Waals surface area (Å²) >= 11 is 0. The Morgan fingerprint density at radius 1 is 1.19 bits per heavy atom. The highest BCUT2D eigenvalue weighted by Crippen LogP contribution is 2.29. The number of nitrogens with one attached hydrogen (secondary N) is 2. The maximum atomic E-state index is 12.7. The molecule has 1 aliphatic carbocycles. The van der Waals surface area contributed by atoms with Crippen LogP contribution in [0.5, 0.6) is 0 Å². The van der Waals surface area contributed by atoms with Crippen molar-refractivity contribution in [2.24, 2.45) is 0 Å². The highest BCUT2D eigenvalue weighted by atomic mass is 16.1. The summed E-state index contributed by atoms with van der Waals surface area (Å²) in [5.41, 5.74) is 5.18. The number of carbonyl (C=O) groups excluding carboxylic acids is 1. The molecule has 0 saturated carbocycles. The van der Waals surface area contributed by atoms with Gasteiger partial charge in [-0.15, -0.1) is 10.2 Å². The lowest BCUT2D eigenvalue weighted by atomic mass is 9.95. The smallest absolute Gasteiger partial charge is 0.258 e. The molecule has 26 heavy (non-hydrogen) atoms. The first-order chi connectivity index (χ1) is 12.7. The Balaban J connectivity index is 1.48. The van der Waals surface area contributed by atoms with Crippen molar-refractivity contribution in [2.75, 3.05) is 5.32 Å². The van der Waals surface area contributed by atoms with Gasteiger partial charge in [0.15, 0.2) is 0 Å². The van der Waals surface area contributed by atoms with Gasteiger partial charge in [0.1, 0.15) is 0 Å². The van der Waals surface area contributed by atoms with Crippen LogP contribution in [0.3, 0.4) is 0 Å². The lowest BCUT2D eigenvalue weighted by Gasteiger charge is -2.10. The van der Waals surface area contributed by atoms with E-state index in [0.29, 0.717) is 17.3 Å². The van der Waals surface area contributed by atoms with E-state index in [9.17, 15) is 4.79 Å². The minimum atomic E-state index is -0.214. The van der Waals surface area contributed by atoms with Gasteiger partial charge >= 0.3 is 0 Å². The van der Waals surface area contributed by atoms with E-state index in [1.165, 1.54) is 29.5 Å². The van der Waals surface area contributed by atoms with Gasteiger partial charge in [-0.1, -0.05) is 6.07 Å². The molecule has 130 valence electrons. The number of rotatable bonds is 2. The molecule has 0 atom stereocenters. The molecule has 0 unspecified atom stereocenters. The van der Waals surface area contributed by atoms with Gasteiger partial charge in [-0.25, -0.2) is 4.98 Å². The number of benzene rings is 1. The summed E-state index contributed by atoms with van der Waals surface area (Å²) in [7, 11) is 0. The van der Waals surface area contributed by atoms with Crippen molar-refractivity contribution in [3.8, 4) is 0 Å². The van der Waals surface area contributed by atoms with Gasteiger partial charge in [0, 0.05) is 34.1 Å². The number of aromatic nitrogens is 5. The lowest BCUT2D eigenvalue weighted by molar-refractivity contribution is 0.102. The van der Waals surface area contributed by atoms with Crippen LogP contribution < -0.4 is 5.32 Å². The first kappa shape index (κ1) is 15.1. The van der Waals surface area contributed by atoms with Crippen molar-refractivity contribution in [3.05, 3.63) is 53.0 Å². The topological polar surface area (TPSA) is 88.0 Å². The third-order valence-corrected chi connectivity index (χ3v) is 5.00. The molecule has 3 heterocycles. The molecule has 1 aliphatic rings. The summed E-state index contributed by atoms with van der Waals surface area (Å²) in [5, 5.41) is 12.1. The van der Waals surface area contributed by atoms with Crippen molar-refractivity contribution in [1.82, 2.24) is 24.6 Å². The summed E-state index contributed by atoms with van der Waals surface area (Å²) < 4.78 is 1.66. The SMILES string of the molecule is Cc1ccn2c(NC(=O)c3ccc4c5c([nH]c4c3)CCCC5)nnc2n1. The van der Waals surface area contributed by atoms with Gasteiger partial charge in [-0.2, -0.15) is 0 Å². The fraction of sp³-hybridized carbons (Fsp3) is 0.263. The van der Waals surface area contributed by atoms with Gasteiger partial charge in [-0.3, -0.25) is 14.5 Å². The molecule has 1 aromatic carbocycles. The number of hydrogen-bond acceptors (Lipinski definition) is 4. The van der Waals surface area contributed by atoms with E-state index in [0.717, 1.165) is 24.1 Å². The van der Waals surface area contributed by atoms with E-state index in [1.54, 1.807) is 10.6 Å². The Bertz CT molecular complexity index is 1160. The summed E-state index contributed by atoms with van der Waals surface area (Å²) in [6.07, 6.45) is 6.45. The molecule has 1 amide bonds. The summed E-state index contributed by atoms with van der Waals surface area (Å²) in [4.78, 5) is 20.5. The quantitative estimate of drug-likeness (QED) is 0.584. The maximum absolute atomic E-state index is 12.7. The van der Waals surface area contributed by atoms with Gasteiger partial charge in [0.05, 0.1) is 0 Å². The third kappa shape index (κ3) is 2.35. The average Bonchev–Trinajstić information content (AvgIpc) is 3.21. The van der Waals surface area contributed by atoms with Gasteiger partial charge in [0.25, 0.3) is 11.7 Å². The molecule has 0 bridgehead atoms. The number of H-pyrrole nitrogens is 1. The Kier molecular flexibility index (Phi) is 3.28. The second-order valence-electron chi connectivity index (χ2n) is 6.77. The molecule has 0 saturated heterocycles. The predicted octanol–water partition coefficient (Wildman–Crippen LogP) is 3.05. The zero-order valence-electron chi connectivity index (χ0n) is 14.4. The largest absolute Gasteiger partial charge is 0.358 e. The molecule has 0 fully saturated rings. The standard InChI is InChI=1S/C19H18N6O/c1-11-8-9-25-18(20-11)23-24-19(25)22-17(26)12-6-7-14-13-4-2-3-5-15(13)21-16(14)10-12/h6-10,21H,2-5H2,1H3,(H,22,24,26). The van der Waals surface area contributed by atoms with E-state index >= 15 is 0 Å². The Hall–Kier alpha value is -3.22. The second kappa shape index (κ2) is 5.66. The van der Waals surface area contributed by atoms with E-state index in [-0.39, 0.29) is 5.91 Å². The molecule has 2 N–H and O–H groups in total. The minimum absolute atomic E-state index is 0.214. The number of nitrogens with zero attached hydrogens (tertiary/aromatic N) is 4. The first-order valence-corrected chi connectivity index (χ1v) is 8.82. The van der Waals surface area contributed by atoms with E-state index < -0.39 is 0 Å². The van der Waals surface area contributed by atoms with Crippen LogP contribution in [0.2, 0.25) is 0 Å². The first-order valence-electron chi connectivity index (χ1n) is 8.82.